The fourth-order valence-electron chi connectivity index (χ4n) is 1.56. The van der Waals surface area contributed by atoms with E-state index in [9.17, 15) is 8.42 Å². The lowest BCUT2D eigenvalue weighted by atomic mass is 10.3. The summed E-state index contributed by atoms with van der Waals surface area (Å²) in [5, 5.41) is 4.07. The Bertz CT molecular complexity index is 665. The number of nitrogens with one attached hydrogen (secondary N) is 1. The van der Waals surface area contributed by atoms with Gasteiger partial charge in [-0.25, -0.2) is 18.1 Å². The van der Waals surface area contributed by atoms with E-state index in [2.05, 4.69) is 14.8 Å². The second-order valence-electron chi connectivity index (χ2n) is 4.05. The Morgan fingerprint density at radius 1 is 1.42 bits per heavy atom. The molecule has 0 amide bonds. The van der Waals surface area contributed by atoms with Gasteiger partial charge in [0.1, 0.15) is 6.33 Å². The molecule has 2 rings (SSSR count). The number of hydrogen-bond donors (Lipinski definition) is 2. The van der Waals surface area contributed by atoms with Crippen molar-refractivity contribution < 1.29 is 8.42 Å². The van der Waals surface area contributed by atoms with Gasteiger partial charge in [-0.15, -0.1) is 0 Å². The molecule has 0 bridgehead atoms. The molecule has 0 atom stereocenters. The van der Waals surface area contributed by atoms with E-state index in [1.807, 2.05) is 0 Å². The van der Waals surface area contributed by atoms with Crippen LogP contribution >= 0.6 is 0 Å². The molecule has 0 unspecified atom stereocenters. The molecule has 0 radical (unpaired) electrons. The van der Waals surface area contributed by atoms with Crippen molar-refractivity contribution in [2.45, 2.75) is 11.3 Å². The summed E-state index contributed by atoms with van der Waals surface area (Å²) in [6.07, 6.45) is 2.00. The smallest absolute Gasteiger partial charge is 0.240 e. The molecule has 0 aliphatic heterocycles. The molecule has 2 aromatic rings. The average molecular weight is 281 g/mol. The van der Waals surface area contributed by atoms with Crippen molar-refractivity contribution in [2.75, 3.05) is 12.3 Å². The van der Waals surface area contributed by atoms with Crippen molar-refractivity contribution in [1.29, 1.82) is 0 Å². The standard InChI is InChI=1S/C11H15N5O2S/c1-16-8-13-11(15-16)5-6-14-19(17,18)10-4-2-3-9(12)7-10/h2-4,7-8,14H,5-6,12H2,1H3. The zero-order valence-corrected chi connectivity index (χ0v) is 11.3. The maximum absolute atomic E-state index is 12.0. The zero-order chi connectivity index (χ0) is 13.9. The summed E-state index contributed by atoms with van der Waals surface area (Å²) in [5.41, 5.74) is 5.97. The number of nitrogen functional groups attached to an aromatic ring is 1. The molecule has 3 N–H and O–H groups in total. The summed E-state index contributed by atoms with van der Waals surface area (Å²) < 4.78 is 28.0. The molecule has 1 aromatic carbocycles. The Balaban J connectivity index is 1.98. The van der Waals surface area contributed by atoms with Crippen molar-refractivity contribution in [1.82, 2.24) is 19.5 Å². The Hall–Kier alpha value is -1.93. The lowest BCUT2D eigenvalue weighted by Crippen LogP contribution is -2.26. The Morgan fingerprint density at radius 2 is 2.21 bits per heavy atom. The molecule has 102 valence electrons. The summed E-state index contributed by atoms with van der Waals surface area (Å²) in [6.45, 7) is 0.237. The Kier molecular flexibility index (Phi) is 3.82. The zero-order valence-electron chi connectivity index (χ0n) is 10.4. The van der Waals surface area contributed by atoms with Gasteiger partial charge in [0.2, 0.25) is 10.0 Å². The van der Waals surface area contributed by atoms with Gasteiger partial charge in [-0.2, -0.15) is 5.10 Å². The number of nitrogens with two attached hydrogens (primary N) is 1. The van der Waals surface area contributed by atoms with Crippen LogP contribution in [-0.4, -0.2) is 29.7 Å². The van der Waals surface area contributed by atoms with Gasteiger partial charge in [-0.3, -0.25) is 4.68 Å². The van der Waals surface area contributed by atoms with Crippen molar-refractivity contribution in [3.8, 4) is 0 Å². The van der Waals surface area contributed by atoms with Gasteiger partial charge in [0, 0.05) is 25.7 Å². The maximum atomic E-state index is 12.0. The van der Waals surface area contributed by atoms with Crippen LogP contribution in [0.2, 0.25) is 0 Å². The van der Waals surface area contributed by atoms with E-state index in [1.165, 1.54) is 12.1 Å². The number of hydrogen-bond acceptors (Lipinski definition) is 5. The monoisotopic (exact) mass is 281 g/mol. The van der Waals surface area contributed by atoms with Crippen molar-refractivity contribution in [3.63, 3.8) is 0 Å². The molecule has 0 aliphatic rings. The number of nitrogens with zero attached hydrogens (tertiary/aromatic N) is 3. The van der Waals surface area contributed by atoms with E-state index >= 15 is 0 Å². The SMILES string of the molecule is Cn1cnc(CCNS(=O)(=O)c2cccc(N)c2)n1. The van der Waals surface area contributed by atoms with Crippen LogP contribution < -0.4 is 10.5 Å². The van der Waals surface area contributed by atoms with Gasteiger partial charge in [0.25, 0.3) is 0 Å². The van der Waals surface area contributed by atoms with Gasteiger partial charge < -0.3 is 5.73 Å². The highest BCUT2D eigenvalue weighted by molar-refractivity contribution is 7.89. The lowest BCUT2D eigenvalue weighted by molar-refractivity contribution is 0.580. The third-order valence-corrected chi connectivity index (χ3v) is 3.91. The van der Waals surface area contributed by atoms with Crippen LogP contribution in [-0.2, 0) is 23.5 Å². The number of aromatic nitrogens is 3. The lowest BCUT2D eigenvalue weighted by Gasteiger charge is -2.06. The summed E-state index contributed by atoms with van der Waals surface area (Å²) in [5.74, 6) is 0.595. The van der Waals surface area contributed by atoms with Crippen molar-refractivity contribution in [3.05, 3.63) is 36.4 Å². The second kappa shape index (κ2) is 5.37. The van der Waals surface area contributed by atoms with Crippen molar-refractivity contribution >= 4 is 15.7 Å². The second-order valence-corrected chi connectivity index (χ2v) is 5.82. The van der Waals surface area contributed by atoms with Crippen LogP contribution in [0.1, 0.15) is 5.82 Å². The van der Waals surface area contributed by atoms with E-state index in [4.69, 9.17) is 5.73 Å². The molecule has 0 spiro atoms. The molecule has 0 fully saturated rings. The minimum atomic E-state index is -3.54. The molecule has 1 heterocycles. The number of aryl methyl sites for hydroxylation is 1. The molecule has 7 nitrogen and oxygen atoms in total. The van der Waals surface area contributed by atoms with Gasteiger partial charge in [0.05, 0.1) is 4.90 Å². The first-order valence-electron chi connectivity index (χ1n) is 5.67. The van der Waals surface area contributed by atoms with Crippen LogP contribution in [0.4, 0.5) is 5.69 Å². The van der Waals surface area contributed by atoms with E-state index in [0.717, 1.165) is 0 Å². The Labute approximate surface area is 111 Å². The first-order chi connectivity index (χ1) is 8.97. The van der Waals surface area contributed by atoms with Crippen LogP contribution in [0.5, 0.6) is 0 Å². The molecule has 0 aliphatic carbocycles. The third-order valence-electron chi connectivity index (χ3n) is 2.46. The highest BCUT2D eigenvalue weighted by atomic mass is 32.2. The molecular formula is C11H15N5O2S. The van der Waals surface area contributed by atoms with Gasteiger partial charge in [-0.1, -0.05) is 6.07 Å². The van der Waals surface area contributed by atoms with E-state index in [1.54, 1.807) is 30.2 Å². The molecular weight excluding hydrogens is 266 g/mol. The Morgan fingerprint density at radius 3 is 2.84 bits per heavy atom. The van der Waals surface area contributed by atoms with Gasteiger partial charge >= 0.3 is 0 Å². The predicted octanol–water partition coefficient (Wildman–Crippen LogP) is -0.0817. The third kappa shape index (κ3) is 3.52. The average Bonchev–Trinajstić information content (AvgIpc) is 2.75. The first kappa shape index (κ1) is 13.5. The number of anilines is 1. The highest BCUT2D eigenvalue weighted by Gasteiger charge is 2.13. The maximum Gasteiger partial charge on any atom is 0.240 e. The predicted molar refractivity (Wildman–Crippen MR) is 70.7 cm³/mol. The number of rotatable bonds is 5. The fraction of sp³-hybridized carbons (Fsp3) is 0.273. The molecule has 19 heavy (non-hydrogen) atoms. The highest BCUT2D eigenvalue weighted by Crippen LogP contribution is 2.12. The van der Waals surface area contributed by atoms with Crippen LogP contribution in [0.25, 0.3) is 0 Å². The van der Waals surface area contributed by atoms with E-state index in [0.29, 0.717) is 17.9 Å². The van der Waals surface area contributed by atoms with Crippen molar-refractivity contribution in [2.24, 2.45) is 7.05 Å². The largest absolute Gasteiger partial charge is 0.399 e. The quantitative estimate of drug-likeness (QED) is 0.746. The summed E-state index contributed by atoms with van der Waals surface area (Å²) in [6, 6.07) is 6.15. The number of benzene rings is 1. The minimum absolute atomic E-state index is 0.154. The van der Waals surface area contributed by atoms with Crippen LogP contribution in [0, 0.1) is 0 Å². The van der Waals surface area contributed by atoms with Gasteiger partial charge in [0.15, 0.2) is 5.82 Å². The first-order valence-corrected chi connectivity index (χ1v) is 7.15. The molecule has 8 heteroatoms. The summed E-state index contributed by atoms with van der Waals surface area (Å²) in [7, 11) is -1.78. The summed E-state index contributed by atoms with van der Waals surface area (Å²) in [4.78, 5) is 4.17. The number of sulfonamides is 1. The van der Waals surface area contributed by atoms with Crippen LogP contribution in [0.3, 0.4) is 0 Å². The van der Waals surface area contributed by atoms with E-state index < -0.39 is 10.0 Å². The topological polar surface area (TPSA) is 103 Å². The normalized spacial score (nSPS) is 11.6. The molecule has 0 saturated heterocycles. The minimum Gasteiger partial charge on any atom is -0.399 e. The van der Waals surface area contributed by atoms with Gasteiger partial charge in [-0.05, 0) is 18.2 Å². The molecule has 0 saturated carbocycles. The fourth-order valence-corrected chi connectivity index (χ4v) is 2.65. The summed E-state index contributed by atoms with van der Waals surface area (Å²) >= 11 is 0. The van der Waals surface area contributed by atoms with Crippen LogP contribution in [0.15, 0.2) is 35.5 Å². The molecule has 1 aromatic heterocycles. The van der Waals surface area contributed by atoms with E-state index in [-0.39, 0.29) is 11.4 Å².